The molecule has 1 heterocycles. The summed E-state index contributed by atoms with van der Waals surface area (Å²) in [5, 5.41) is 6.61. The number of nitrogens with zero attached hydrogens (tertiary/aromatic N) is 2. The van der Waals surface area contributed by atoms with E-state index in [-0.39, 0.29) is 0 Å². The molecule has 0 bridgehead atoms. The van der Waals surface area contributed by atoms with Crippen LogP contribution in [0.15, 0.2) is 17.1 Å². The summed E-state index contributed by atoms with van der Waals surface area (Å²) in [5.41, 5.74) is 2.66. The van der Waals surface area contributed by atoms with Crippen molar-refractivity contribution in [2.24, 2.45) is 4.99 Å². The molecule has 0 fully saturated rings. The van der Waals surface area contributed by atoms with Gasteiger partial charge in [0.05, 0.1) is 20.8 Å². The second kappa shape index (κ2) is 10.9. The van der Waals surface area contributed by atoms with E-state index in [1.807, 2.05) is 6.92 Å². The van der Waals surface area contributed by atoms with E-state index in [1.165, 1.54) is 11.1 Å². The second-order valence-corrected chi connectivity index (χ2v) is 6.12. The van der Waals surface area contributed by atoms with Gasteiger partial charge in [-0.1, -0.05) is 0 Å². The summed E-state index contributed by atoms with van der Waals surface area (Å²) in [6.45, 7) is 7.94. The van der Waals surface area contributed by atoms with Gasteiger partial charge < -0.3 is 24.8 Å². The zero-order chi connectivity index (χ0) is 18.8. The van der Waals surface area contributed by atoms with Gasteiger partial charge in [-0.3, -0.25) is 9.89 Å². The molecule has 0 unspecified atom stereocenters. The lowest BCUT2D eigenvalue weighted by Crippen LogP contribution is -2.43. The highest BCUT2D eigenvalue weighted by Crippen LogP contribution is 2.33. The van der Waals surface area contributed by atoms with Gasteiger partial charge in [-0.2, -0.15) is 0 Å². The predicted molar refractivity (Wildman–Crippen MR) is 104 cm³/mol. The topological polar surface area (TPSA) is 67.4 Å². The minimum atomic E-state index is 0.686. The predicted octanol–water partition coefficient (Wildman–Crippen LogP) is 1.26. The SMILES string of the molecule is CCOCCNC(=NC)NCCN1CCc2cc(OC)c(OC)cc2C1. The van der Waals surface area contributed by atoms with Crippen molar-refractivity contribution in [2.45, 2.75) is 19.9 Å². The van der Waals surface area contributed by atoms with Crippen LogP contribution in [0.5, 0.6) is 11.5 Å². The molecule has 0 radical (unpaired) electrons. The summed E-state index contributed by atoms with van der Waals surface area (Å²) in [6.07, 6.45) is 1.02. The Morgan fingerprint density at radius 1 is 1.12 bits per heavy atom. The van der Waals surface area contributed by atoms with Gasteiger partial charge in [-0.15, -0.1) is 0 Å². The molecule has 0 aliphatic carbocycles. The normalized spacial score (nSPS) is 14.7. The molecule has 26 heavy (non-hydrogen) atoms. The number of hydrogen-bond acceptors (Lipinski definition) is 5. The molecule has 0 saturated carbocycles. The first-order valence-corrected chi connectivity index (χ1v) is 9.20. The fourth-order valence-corrected chi connectivity index (χ4v) is 3.07. The Morgan fingerprint density at radius 2 is 1.81 bits per heavy atom. The number of ether oxygens (including phenoxy) is 3. The first kappa shape index (κ1) is 20.3. The molecule has 2 rings (SSSR count). The third kappa shape index (κ3) is 5.78. The zero-order valence-corrected chi connectivity index (χ0v) is 16.4. The maximum absolute atomic E-state index is 5.43. The first-order valence-electron chi connectivity index (χ1n) is 9.20. The van der Waals surface area contributed by atoms with E-state index in [4.69, 9.17) is 14.2 Å². The van der Waals surface area contributed by atoms with Gasteiger partial charge in [0.25, 0.3) is 0 Å². The van der Waals surface area contributed by atoms with Crippen molar-refractivity contribution in [3.05, 3.63) is 23.3 Å². The van der Waals surface area contributed by atoms with E-state index in [2.05, 4.69) is 32.7 Å². The van der Waals surface area contributed by atoms with Crippen LogP contribution in [0.3, 0.4) is 0 Å². The van der Waals surface area contributed by atoms with E-state index in [0.717, 1.165) is 63.2 Å². The number of benzene rings is 1. The molecule has 0 spiro atoms. The summed E-state index contributed by atoms with van der Waals surface area (Å²) in [5.74, 6) is 2.42. The molecule has 2 N–H and O–H groups in total. The van der Waals surface area contributed by atoms with Crippen LogP contribution in [0.4, 0.5) is 0 Å². The Balaban J connectivity index is 1.80. The number of nitrogens with one attached hydrogen (secondary N) is 2. The van der Waals surface area contributed by atoms with Gasteiger partial charge >= 0.3 is 0 Å². The van der Waals surface area contributed by atoms with Crippen LogP contribution < -0.4 is 20.1 Å². The number of hydrogen-bond donors (Lipinski definition) is 2. The molecule has 0 atom stereocenters. The van der Waals surface area contributed by atoms with Gasteiger partial charge in [0.15, 0.2) is 17.5 Å². The number of guanidine groups is 1. The smallest absolute Gasteiger partial charge is 0.191 e. The number of aliphatic imine (C=N–C) groups is 1. The molecule has 0 amide bonds. The Labute approximate surface area is 156 Å². The van der Waals surface area contributed by atoms with Gasteiger partial charge in [0.1, 0.15) is 0 Å². The molecule has 0 saturated heterocycles. The fourth-order valence-electron chi connectivity index (χ4n) is 3.07. The quantitative estimate of drug-likeness (QED) is 0.391. The lowest BCUT2D eigenvalue weighted by Gasteiger charge is -2.29. The largest absolute Gasteiger partial charge is 0.493 e. The van der Waals surface area contributed by atoms with Crippen molar-refractivity contribution in [1.29, 1.82) is 0 Å². The third-order valence-corrected chi connectivity index (χ3v) is 4.48. The minimum Gasteiger partial charge on any atom is -0.493 e. The Hall–Kier alpha value is -1.99. The molecule has 1 aliphatic rings. The molecule has 7 heteroatoms. The van der Waals surface area contributed by atoms with Crippen LogP contribution in [0.25, 0.3) is 0 Å². The van der Waals surface area contributed by atoms with E-state index < -0.39 is 0 Å². The molecule has 1 aliphatic heterocycles. The summed E-state index contributed by atoms with van der Waals surface area (Å²) in [4.78, 5) is 6.68. The maximum atomic E-state index is 5.43. The van der Waals surface area contributed by atoms with Crippen molar-refractivity contribution in [2.75, 3.05) is 60.7 Å². The molecule has 146 valence electrons. The lowest BCUT2D eigenvalue weighted by atomic mass is 9.99. The Morgan fingerprint density at radius 3 is 2.46 bits per heavy atom. The van der Waals surface area contributed by atoms with Crippen LogP contribution >= 0.6 is 0 Å². The van der Waals surface area contributed by atoms with E-state index in [1.54, 1.807) is 21.3 Å². The molecule has 1 aromatic rings. The first-order chi connectivity index (χ1) is 12.7. The zero-order valence-electron chi connectivity index (χ0n) is 16.4. The van der Waals surface area contributed by atoms with Crippen LogP contribution in [-0.2, 0) is 17.7 Å². The Kier molecular flexibility index (Phi) is 8.50. The van der Waals surface area contributed by atoms with Gasteiger partial charge in [0, 0.05) is 46.4 Å². The van der Waals surface area contributed by atoms with E-state index in [9.17, 15) is 0 Å². The fraction of sp³-hybridized carbons (Fsp3) is 0.632. The lowest BCUT2D eigenvalue weighted by molar-refractivity contribution is 0.152. The number of rotatable bonds is 9. The Bertz CT molecular complexity index is 592. The number of methoxy groups -OCH3 is 2. The van der Waals surface area contributed by atoms with Crippen molar-refractivity contribution in [3.8, 4) is 11.5 Å². The van der Waals surface area contributed by atoms with Gasteiger partial charge in [0.2, 0.25) is 0 Å². The van der Waals surface area contributed by atoms with Crippen LogP contribution in [-0.4, -0.2) is 71.5 Å². The third-order valence-electron chi connectivity index (χ3n) is 4.48. The van der Waals surface area contributed by atoms with Crippen molar-refractivity contribution in [3.63, 3.8) is 0 Å². The van der Waals surface area contributed by atoms with Crippen molar-refractivity contribution < 1.29 is 14.2 Å². The van der Waals surface area contributed by atoms with Gasteiger partial charge in [-0.05, 0) is 36.6 Å². The van der Waals surface area contributed by atoms with Gasteiger partial charge in [-0.25, -0.2) is 0 Å². The molecular weight excluding hydrogens is 332 g/mol. The summed E-state index contributed by atoms with van der Waals surface area (Å²) in [7, 11) is 5.14. The van der Waals surface area contributed by atoms with Crippen LogP contribution in [0, 0.1) is 0 Å². The highest BCUT2D eigenvalue weighted by atomic mass is 16.5. The highest BCUT2D eigenvalue weighted by molar-refractivity contribution is 5.79. The molecule has 1 aromatic carbocycles. The second-order valence-electron chi connectivity index (χ2n) is 6.12. The van der Waals surface area contributed by atoms with Crippen molar-refractivity contribution in [1.82, 2.24) is 15.5 Å². The van der Waals surface area contributed by atoms with Crippen LogP contribution in [0.1, 0.15) is 18.1 Å². The minimum absolute atomic E-state index is 0.686. The highest BCUT2D eigenvalue weighted by Gasteiger charge is 2.19. The van der Waals surface area contributed by atoms with E-state index >= 15 is 0 Å². The summed E-state index contributed by atoms with van der Waals surface area (Å²) in [6, 6.07) is 4.20. The average Bonchev–Trinajstić information content (AvgIpc) is 2.68. The standard InChI is InChI=1S/C19H32N4O3/c1-5-26-11-8-22-19(20-2)21-7-10-23-9-6-15-12-17(24-3)18(25-4)13-16(15)14-23/h12-13H,5-11,14H2,1-4H3,(H2,20,21,22). The van der Waals surface area contributed by atoms with E-state index in [0.29, 0.717) is 6.61 Å². The van der Waals surface area contributed by atoms with Crippen molar-refractivity contribution >= 4 is 5.96 Å². The monoisotopic (exact) mass is 364 g/mol. The molecule has 0 aromatic heterocycles. The summed E-state index contributed by atoms with van der Waals surface area (Å²) < 4.78 is 16.2. The number of fused-ring (bicyclic) bond motifs is 1. The molecular formula is C19H32N4O3. The van der Waals surface area contributed by atoms with Crippen LogP contribution in [0.2, 0.25) is 0 Å². The maximum Gasteiger partial charge on any atom is 0.191 e. The molecule has 7 nitrogen and oxygen atoms in total. The summed E-state index contributed by atoms with van der Waals surface area (Å²) >= 11 is 0. The average molecular weight is 364 g/mol.